The third kappa shape index (κ3) is 2.42. The van der Waals surface area contributed by atoms with Gasteiger partial charge in [-0.2, -0.15) is 0 Å². The second-order valence-electron chi connectivity index (χ2n) is 4.59. The van der Waals surface area contributed by atoms with E-state index in [9.17, 15) is 4.79 Å². The van der Waals surface area contributed by atoms with Crippen molar-refractivity contribution in [2.75, 3.05) is 0 Å². The highest BCUT2D eigenvalue weighted by molar-refractivity contribution is 7.09. The quantitative estimate of drug-likeness (QED) is 0.804. The second kappa shape index (κ2) is 5.05. The minimum absolute atomic E-state index is 0.180. The number of thiazole rings is 1. The first-order valence-electron chi connectivity index (χ1n) is 6.27. The molecule has 3 rings (SSSR count). The lowest BCUT2D eigenvalue weighted by Gasteiger charge is -1.99. The lowest BCUT2D eigenvalue weighted by molar-refractivity contribution is 0.0946. The van der Waals surface area contributed by atoms with Crippen LogP contribution >= 0.6 is 11.3 Å². The zero-order valence-electron chi connectivity index (χ0n) is 11.3. The van der Waals surface area contributed by atoms with E-state index in [1.165, 1.54) is 0 Å². The largest absolute Gasteiger partial charge is 0.344 e. The molecule has 0 atom stereocenters. The zero-order chi connectivity index (χ0) is 14.1. The van der Waals surface area contributed by atoms with Gasteiger partial charge in [0.2, 0.25) is 0 Å². The molecule has 0 saturated carbocycles. The molecule has 20 heavy (non-hydrogen) atoms. The molecule has 3 heterocycles. The summed E-state index contributed by atoms with van der Waals surface area (Å²) in [4.78, 5) is 20.7. The van der Waals surface area contributed by atoms with Gasteiger partial charge in [0.05, 0.1) is 6.54 Å². The van der Waals surface area contributed by atoms with Gasteiger partial charge in [-0.05, 0) is 26.0 Å². The molecule has 0 aromatic carbocycles. The van der Waals surface area contributed by atoms with Crippen LogP contribution in [0.4, 0.5) is 0 Å². The summed E-state index contributed by atoms with van der Waals surface area (Å²) in [5, 5.41) is 5.71. The second-order valence-corrected chi connectivity index (χ2v) is 5.53. The minimum atomic E-state index is -0.180. The monoisotopic (exact) mass is 286 g/mol. The molecule has 1 N–H and O–H groups in total. The molecule has 0 aliphatic rings. The van der Waals surface area contributed by atoms with E-state index < -0.39 is 0 Å². The number of hydrogen-bond acceptors (Lipinski definition) is 4. The van der Waals surface area contributed by atoms with Gasteiger partial charge in [0.15, 0.2) is 0 Å². The molecule has 6 heteroatoms. The molecule has 3 aromatic rings. The molecule has 3 aromatic heterocycles. The van der Waals surface area contributed by atoms with Crippen molar-refractivity contribution in [2.45, 2.75) is 20.4 Å². The average Bonchev–Trinajstić information content (AvgIpc) is 3.03. The number of carbonyl (C=O) groups excluding carboxylic acids is 1. The number of fused-ring (bicyclic) bond motifs is 1. The summed E-state index contributed by atoms with van der Waals surface area (Å²) in [5.41, 5.74) is 3.22. The number of hydrogen-bond donors (Lipinski definition) is 1. The van der Waals surface area contributed by atoms with Crippen molar-refractivity contribution in [1.29, 1.82) is 0 Å². The Hall–Kier alpha value is -2.21. The first kappa shape index (κ1) is 12.8. The summed E-state index contributed by atoms with van der Waals surface area (Å²) in [6.07, 6.45) is 1.76. The molecular formula is C14H14N4OS. The fourth-order valence-electron chi connectivity index (χ4n) is 1.99. The van der Waals surface area contributed by atoms with Gasteiger partial charge < -0.3 is 9.72 Å². The smallest absolute Gasteiger partial charge is 0.271 e. The number of imidazole rings is 1. The van der Waals surface area contributed by atoms with Crippen LogP contribution in [-0.4, -0.2) is 20.3 Å². The van der Waals surface area contributed by atoms with Gasteiger partial charge in [-0.1, -0.05) is 6.07 Å². The van der Waals surface area contributed by atoms with Gasteiger partial charge >= 0.3 is 0 Å². The Bertz CT molecular complexity index is 774. The molecule has 0 radical (unpaired) electrons. The van der Waals surface area contributed by atoms with Crippen LogP contribution in [-0.2, 0) is 6.54 Å². The maximum atomic E-state index is 12.1. The Morgan fingerprint density at radius 3 is 2.90 bits per heavy atom. The van der Waals surface area contributed by atoms with Gasteiger partial charge in [0, 0.05) is 23.0 Å². The van der Waals surface area contributed by atoms with E-state index in [1.54, 1.807) is 17.5 Å². The predicted molar refractivity (Wildman–Crippen MR) is 78.0 cm³/mol. The normalized spacial score (nSPS) is 10.9. The topological polar surface area (TPSA) is 59.3 Å². The Labute approximate surface area is 120 Å². The summed E-state index contributed by atoms with van der Waals surface area (Å²) in [5.74, 6) is -0.180. The van der Waals surface area contributed by atoms with E-state index in [2.05, 4.69) is 15.3 Å². The maximum Gasteiger partial charge on any atom is 0.271 e. The van der Waals surface area contributed by atoms with E-state index in [-0.39, 0.29) is 5.91 Å². The average molecular weight is 286 g/mol. The van der Waals surface area contributed by atoms with Crippen LogP contribution in [0.15, 0.2) is 29.8 Å². The van der Waals surface area contributed by atoms with Crippen molar-refractivity contribution >= 4 is 22.9 Å². The number of nitrogens with one attached hydrogen (secondary N) is 1. The van der Waals surface area contributed by atoms with Crippen LogP contribution in [0, 0.1) is 13.8 Å². The van der Waals surface area contributed by atoms with Crippen LogP contribution in [0.5, 0.6) is 0 Å². The Balaban J connectivity index is 1.77. The van der Waals surface area contributed by atoms with Crippen LogP contribution in [0.2, 0.25) is 0 Å². The highest BCUT2D eigenvalue weighted by Crippen LogP contribution is 2.10. The van der Waals surface area contributed by atoms with Crippen molar-refractivity contribution in [1.82, 2.24) is 19.7 Å². The molecule has 0 saturated heterocycles. The summed E-state index contributed by atoms with van der Waals surface area (Å²) in [6, 6.07) is 5.79. The molecule has 1 amide bonds. The summed E-state index contributed by atoms with van der Waals surface area (Å²) < 4.78 is 1.91. The highest BCUT2D eigenvalue weighted by Gasteiger charge is 2.11. The maximum absolute atomic E-state index is 12.1. The number of aryl methyl sites for hydroxylation is 2. The molecular weight excluding hydrogens is 272 g/mol. The van der Waals surface area contributed by atoms with Gasteiger partial charge in [-0.25, -0.2) is 9.97 Å². The molecule has 0 bridgehead atoms. The summed E-state index contributed by atoms with van der Waals surface area (Å²) in [7, 11) is 0. The number of nitrogens with zero attached hydrogens (tertiary/aromatic N) is 3. The SMILES string of the molecule is Cc1csc(CNC(=O)c2cn3c(C)cccc3n2)n1. The Kier molecular flexibility index (Phi) is 3.23. The standard InChI is InChI=1S/C14H14N4OS/c1-9-8-20-13(16-9)6-15-14(19)11-7-18-10(2)4-3-5-12(18)17-11/h3-5,7-8H,6H2,1-2H3,(H,15,19). The Morgan fingerprint density at radius 1 is 1.35 bits per heavy atom. The van der Waals surface area contributed by atoms with E-state index in [4.69, 9.17) is 0 Å². The van der Waals surface area contributed by atoms with Crippen molar-refractivity contribution < 1.29 is 4.79 Å². The minimum Gasteiger partial charge on any atom is -0.344 e. The molecule has 0 unspecified atom stereocenters. The Morgan fingerprint density at radius 2 is 2.20 bits per heavy atom. The molecule has 0 aliphatic carbocycles. The van der Waals surface area contributed by atoms with Crippen LogP contribution in [0.1, 0.15) is 26.9 Å². The highest BCUT2D eigenvalue weighted by atomic mass is 32.1. The molecule has 0 aliphatic heterocycles. The third-order valence-corrected chi connectivity index (χ3v) is 3.96. The first-order valence-corrected chi connectivity index (χ1v) is 7.15. The lowest BCUT2D eigenvalue weighted by Crippen LogP contribution is -2.23. The van der Waals surface area contributed by atoms with E-state index in [0.717, 1.165) is 22.0 Å². The van der Waals surface area contributed by atoms with Crippen molar-refractivity contribution in [3.63, 3.8) is 0 Å². The zero-order valence-corrected chi connectivity index (χ0v) is 12.1. The van der Waals surface area contributed by atoms with Gasteiger partial charge in [0.1, 0.15) is 16.3 Å². The van der Waals surface area contributed by atoms with Crippen LogP contribution < -0.4 is 5.32 Å². The number of rotatable bonds is 3. The number of aromatic nitrogens is 3. The van der Waals surface area contributed by atoms with Crippen LogP contribution in [0.3, 0.4) is 0 Å². The number of amides is 1. The molecule has 0 spiro atoms. The predicted octanol–water partition coefficient (Wildman–Crippen LogP) is 2.34. The molecule has 5 nitrogen and oxygen atoms in total. The van der Waals surface area contributed by atoms with Crippen molar-refractivity contribution in [3.05, 3.63) is 51.9 Å². The fraction of sp³-hybridized carbons (Fsp3) is 0.214. The van der Waals surface area contributed by atoms with Gasteiger partial charge in [0.25, 0.3) is 5.91 Å². The fourth-order valence-corrected chi connectivity index (χ4v) is 2.70. The number of carbonyl (C=O) groups is 1. The van der Waals surface area contributed by atoms with E-state index in [0.29, 0.717) is 12.2 Å². The third-order valence-electron chi connectivity index (χ3n) is 3.00. The van der Waals surface area contributed by atoms with Gasteiger partial charge in [-0.15, -0.1) is 11.3 Å². The van der Waals surface area contributed by atoms with Crippen molar-refractivity contribution in [2.24, 2.45) is 0 Å². The number of pyridine rings is 1. The first-order chi connectivity index (χ1) is 9.63. The summed E-state index contributed by atoms with van der Waals surface area (Å²) in [6.45, 7) is 4.35. The lowest BCUT2D eigenvalue weighted by atomic mass is 10.4. The molecule has 102 valence electrons. The van der Waals surface area contributed by atoms with Crippen LogP contribution in [0.25, 0.3) is 5.65 Å². The van der Waals surface area contributed by atoms with Gasteiger partial charge in [-0.3, -0.25) is 4.79 Å². The summed E-state index contributed by atoms with van der Waals surface area (Å²) >= 11 is 1.54. The molecule has 0 fully saturated rings. The van der Waals surface area contributed by atoms with Crippen molar-refractivity contribution in [3.8, 4) is 0 Å². The van der Waals surface area contributed by atoms with E-state index in [1.807, 2.05) is 41.8 Å². The van der Waals surface area contributed by atoms with E-state index >= 15 is 0 Å².